The second kappa shape index (κ2) is 6.19. The summed E-state index contributed by atoms with van der Waals surface area (Å²) in [6.45, 7) is 4.28. The lowest BCUT2D eigenvalue weighted by molar-refractivity contribution is 0.884. The Kier molecular flexibility index (Phi) is 4.56. The Morgan fingerprint density at radius 1 is 1.05 bits per heavy atom. The van der Waals surface area contributed by atoms with Gasteiger partial charge in [0.05, 0.1) is 0 Å². The Morgan fingerprint density at radius 3 is 2.30 bits per heavy atom. The highest BCUT2D eigenvalue weighted by atomic mass is 35.5. The number of nitrogens with zero attached hydrogens (tertiary/aromatic N) is 1. The number of rotatable bonds is 4. The zero-order valence-electron chi connectivity index (χ0n) is 12.4. The lowest BCUT2D eigenvalue weighted by Crippen LogP contribution is -2.12. The standard InChI is InChI=1S/C17H21ClN2/c1-12-5-10-16(11-17(12)20(3)4)19-13(2)14-6-8-15(18)9-7-14/h5-11,13,19H,1-4H3. The predicted molar refractivity (Wildman–Crippen MR) is 89.0 cm³/mol. The van der Waals surface area contributed by atoms with Crippen molar-refractivity contribution in [2.75, 3.05) is 24.3 Å². The quantitative estimate of drug-likeness (QED) is 0.862. The fraction of sp³-hybridized carbons (Fsp3) is 0.294. The Hall–Kier alpha value is -1.67. The van der Waals surface area contributed by atoms with Crippen molar-refractivity contribution in [1.82, 2.24) is 0 Å². The minimum Gasteiger partial charge on any atom is -0.378 e. The highest BCUT2D eigenvalue weighted by molar-refractivity contribution is 6.30. The largest absolute Gasteiger partial charge is 0.378 e. The zero-order valence-corrected chi connectivity index (χ0v) is 13.2. The number of aryl methyl sites for hydroxylation is 1. The first-order valence-electron chi connectivity index (χ1n) is 6.77. The first-order valence-corrected chi connectivity index (χ1v) is 7.15. The van der Waals surface area contributed by atoms with E-state index in [0.29, 0.717) is 0 Å². The second-order valence-corrected chi connectivity index (χ2v) is 5.75. The zero-order chi connectivity index (χ0) is 14.7. The smallest absolute Gasteiger partial charge is 0.0485 e. The van der Waals surface area contributed by atoms with E-state index in [-0.39, 0.29) is 6.04 Å². The topological polar surface area (TPSA) is 15.3 Å². The summed E-state index contributed by atoms with van der Waals surface area (Å²) in [5, 5.41) is 4.30. The molecule has 20 heavy (non-hydrogen) atoms. The van der Waals surface area contributed by atoms with Gasteiger partial charge in [-0.1, -0.05) is 29.8 Å². The van der Waals surface area contributed by atoms with Crippen LogP contribution in [0.25, 0.3) is 0 Å². The van der Waals surface area contributed by atoms with E-state index in [1.165, 1.54) is 16.8 Å². The van der Waals surface area contributed by atoms with Crippen molar-refractivity contribution < 1.29 is 0 Å². The van der Waals surface area contributed by atoms with E-state index in [9.17, 15) is 0 Å². The van der Waals surface area contributed by atoms with Crippen LogP contribution in [0.1, 0.15) is 24.1 Å². The molecule has 0 saturated carbocycles. The van der Waals surface area contributed by atoms with Crippen LogP contribution < -0.4 is 10.2 Å². The summed E-state index contributed by atoms with van der Waals surface area (Å²) in [7, 11) is 4.13. The number of hydrogen-bond acceptors (Lipinski definition) is 2. The van der Waals surface area contributed by atoms with Gasteiger partial charge in [-0.25, -0.2) is 0 Å². The molecule has 0 aliphatic carbocycles. The molecular formula is C17H21ClN2. The fourth-order valence-electron chi connectivity index (χ4n) is 2.27. The molecule has 1 unspecified atom stereocenters. The van der Waals surface area contributed by atoms with Crippen molar-refractivity contribution >= 4 is 23.0 Å². The molecule has 3 heteroatoms. The molecule has 2 nitrogen and oxygen atoms in total. The van der Waals surface area contributed by atoms with E-state index in [4.69, 9.17) is 11.6 Å². The Morgan fingerprint density at radius 2 is 1.70 bits per heavy atom. The Balaban J connectivity index is 2.17. The van der Waals surface area contributed by atoms with Crippen LogP contribution in [0.3, 0.4) is 0 Å². The molecule has 2 aromatic rings. The molecule has 0 radical (unpaired) electrons. The normalized spacial score (nSPS) is 12.1. The molecule has 0 saturated heterocycles. The lowest BCUT2D eigenvalue weighted by atomic mass is 10.1. The van der Waals surface area contributed by atoms with E-state index < -0.39 is 0 Å². The molecule has 0 aliphatic heterocycles. The first kappa shape index (κ1) is 14.7. The van der Waals surface area contributed by atoms with Gasteiger partial charge in [0.2, 0.25) is 0 Å². The van der Waals surface area contributed by atoms with E-state index in [0.717, 1.165) is 10.7 Å². The van der Waals surface area contributed by atoms with Gasteiger partial charge in [0.15, 0.2) is 0 Å². The predicted octanol–water partition coefficient (Wildman–Crippen LogP) is 4.89. The molecule has 106 valence electrons. The molecule has 1 atom stereocenters. The number of benzene rings is 2. The molecule has 2 rings (SSSR count). The van der Waals surface area contributed by atoms with Crippen LogP contribution in [0.2, 0.25) is 5.02 Å². The van der Waals surface area contributed by atoms with Gasteiger partial charge in [-0.3, -0.25) is 0 Å². The summed E-state index contributed by atoms with van der Waals surface area (Å²) in [5.41, 5.74) is 4.86. The molecule has 0 aromatic heterocycles. The van der Waals surface area contributed by atoms with Gasteiger partial charge in [-0.2, -0.15) is 0 Å². The fourth-order valence-corrected chi connectivity index (χ4v) is 2.39. The molecule has 0 amide bonds. The van der Waals surface area contributed by atoms with Gasteiger partial charge in [0, 0.05) is 36.5 Å². The van der Waals surface area contributed by atoms with Crippen LogP contribution >= 0.6 is 11.6 Å². The van der Waals surface area contributed by atoms with E-state index in [1.807, 2.05) is 12.1 Å². The van der Waals surface area contributed by atoms with Gasteiger partial charge in [-0.15, -0.1) is 0 Å². The third kappa shape index (κ3) is 3.45. The van der Waals surface area contributed by atoms with E-state index >= 15 is 0 Å². The summed E-state index contributed by atoms with van der Waals surface area (Å²) in [6, 6.07) is 14.7. The molecule has 1 N–H and O–H groups in total. The maximum Gasteiger partial charge on any atom is 0.0485 e. The molecular weight excluding hydrogens is 268 g/mol. The molecule has 2 aromatic carbocycles. The summed E-state index contributed by atoms with van der Waals surface area (Å²) >= 11 is 5.92. The van der Waals surface area contributed by atoms with Gasteiger partial charge in [0.25, 0.3) is 0 Å². The number of halogens is 1. The summed E-state index contributed by atoms with van der Waals surface area (Å²) in [6.07, 6.45) is 0. The van der Waals surface area contributed by atoms with Crippen molar-refractivity contribution in [3.63, 3.8) is 0 Å². The highest BCUT2D eigenvalue weighted by Gasteiger charge is 2.07. The summed E-state index contributed by atoms with van der Waals surface area (Å²) < 4.78 is 0. The third-order valence-corrected chi connectivity index (χ3v) is 3.70. The van der Waals surface area contributed by atoms with Crippen molar-refractivity contribution in [3.8, 4) is 0 Å². The highest BCUT2D eigenvalue weighted by Crippen LogP contribution is 2.26. The van der Waals surface area contributed by atoms with Gasteiger partial charge in [0.1, 0.15) is 0 Å². The van der Waals surface area contributed by atoms with Crippen LogP contribution in [-0.2, 0) is 0 Å². The second-order valence-electron chi connectivity index (χ2n) is 5.31. The maximum atomic E-state index is 5.92. The van der Waals surface area contributed by atoms with Crippen molar-refractivity contribution in [2.45, 2.75) is 19.9 Å². The van der Waals surface area contributed by atoms with Gasteiger partial charge >= 0.3 is 0 Å². The number of hydrogen-bond donors (Lipinski definition) is 1. The minimum atomic E-state index is 0.241. The average Bonchev–Trinajstić information content (AvgIpc) is 2.41. The molecule has 0 fully saturated rings. The maximum absolute atomic E-state index is 5.92. The van der Waals surface area contributed by atoms with Crippen molar-refractivity contribution in [3.05, 3.63) is 58.6 Å². The van der Waals surface area contributed by atoms with Crippen LogP contribution in [0.4, 0.5) is 11.4 Å². The number of anilines is 2. The summed E-state index contributed by atoms with van der Waals surface area (Å²) in [4.78, 5) is 2.13. The average molecular weight is 289 g/mol. The molecule has 0 bridgehead atoms. The van der Waals surface area contributed by atoms with E-state index in [2.05, 4.69) is 68.5 Å². The Bertz CT molecular complexity index is 576. The third-order valence-electron chi connectivity index (χ3n) is 3.44. The SMILES string of the molecule is Cc1ccc(NC(C)c2ccc(Cl)cc2)cc1N(C)C. The van der Waals surface area contributed by atoms with Crippen LogP contribution in [-0.4, -0.2) is 14.1 Å². The molecule has 0 aliphatic rings. The lowest BCUT2D eigenvalue weighted by Gasteiger charge is -2.20. The van der Waals surface area contributed by atoms with Gasteiger partial charge < -0.3 is 10.2 Å². The van der Waals surface area contributed by atoms with Crippen molar-refractivity contribution in [2.24, 2.45) is 0 Å². The first-order chi connectivity index (χ1) is 9.47. The molecule has 0 heterocycles. The minimum absolute atomic E-state index is 0.241. The molecule has 0 spiro atoms. The van der Waals surface area contributed by atoms with Crippen molar-refractivity contribution in [1.29, 1.82) is 0 Å². The van der Waals surface area contributed by atoms with Crippen LogP contribution in [0.5, 0.6) is 0 Å². The van der Waals surface area contributed by atoms with Gasteiger partial charge in [-0.05, 0) is 49.2 Å². The van der Waals surface area contributed by atoms with E-state index in [1.54, 1.807) is 0 Å². The van der Waals surface area contributed by atoms with Crippen LogP contribution in [0, 0.1) is 6.92 Å². The Labute approximate surface area is 126 Å². The number of nitrogens with one attached hydrogen (secondary N) is 1. The van der Waals surface area contributed by atoms with Crippen LogP contribution in [0.15, 0.2) is 42.5 Å². The summed E-state index contributed by atoms with van der Waals surface area (Å²) in [5.74, 6) is 0. The monoisotopic (exact) mass is 288 g/mol.